The second-order valence-corrected chi connectivity index (χ2v) is 7.12. The summed E-state index contributed by atoms with van der Waals surface area (Å²) in [4.78, 5) is 0. The molecule has 4 rings (SSSR count). The Morgan fingerprint density at radius 1 is 0.964 bits per heavy atom. The lowest BCUT2D eigenvalue weighted by atomic mass is 10.2. The number of nitrogens with zero attached hydrogens (tertiary/aromatic N) is 3. The second-order valence-electron chi connectivity index (χ2n) is 5.88. The minimum Gasteiger partial charge on any atom is -0.457 e. The van der Waals surface area contributed by atoms with Gasteiger partial charge < -0.3 is 4.74 Å². The van der Waals surface area contributed by atoms with Gasteiger partial charge in [0.05, 0.1) is 6.21 Å². The van der Waals surface area contributed by atoms with Crippen LogP contribution in [0.15, 0.2) is 88.4 Å². The first kappa shape index (κ1) is 18.3. The molecule has 1 N–H and O–H groups in total. The van der Waals surface area contributed by atoms with Crippen LogP contribution in [0.3, 0.4) is 0 Å². The number of benzene rings is 3. The standard InChI is InChI=1S/C21H15BrN4OS/c22-19-12-5-4-11-18(19)20-24-25-21(28)26(20)23-14-15-7-6-10-17(13-15)27-16-8-2-1-3-9-16/h1-14H,(H,25,28)/b23-14+. The molecule has 0 fully saturated rings. The lowest BCUT2D eigenvalue weighted by Gasteiger charge is -2.06. The van der Waals surface area contributed by atoms with Gasteiger partial charge in [-0.3, -0.25) is 0 Å². The van der Waals surface area contributed by atoms with Crippen LogP contribution in [0.25, 0.3) is 11.4 Å². The van der Waals surface area contributed by atoms with Gasteiger partial charge in [-0.2, -0.15) is 14.9 Å². The summed E-state index contributed by atoms with van der Waals surface area (Å²) in [5.74, 6) is 2.15. The van der Waals surface area contributed by atoms with Gasteiger partial charge in [0.15, 0.2) is 5.82 Å². The largest absolute Gasteiger partial charge is 0.457 e. The lowest BCUT2D eigenvalue weighted by molar-refractivity contribution is 0.482. The van der Waals surface area contributed by atoms with Crippen molar-refractivity contribution in [2.24, 2.45) is 5.10 Å². The first-order valence-corrected chi connectivity index (χ1v) is 9.70. The van der Waals surface area contributed by atoms with Crippen molar-refractivity contribution >= 4 is 34.4 Å². The average molecular weight is 451 g/mol. The Kier molecular flexibility index (Phi) is 5.45. The third kappa shape index (κ3) is 4.11. The molecule has 5 nitrogen and oxygen atoms in total. The summed E-state index contributed by atoms with van der Waals surface area (Å²) >= 11 is 8.88. The zero-order valence-electron chi connectivity index (χ0n) is 14.6. The Morgan fingerprint density at radius 3 is 2.54 bits per heavy atom. The summed E-state index contributed by atoms with van der Waals surface area (Å²) in [5.41, 5.74) is 1.78. The highest BCUT2D eigenvalue weighted by atomic mass is 79.9. The number of aromatic nitrogens is 3. The molecule has 0 unspecified atom stereocenters. The van der Waals surface area contributed by atoms with Gasteiger partial charge in [0, 0.05) is 10.0 Å². The number of H-pyrrole nitrogens is 1. The molecular weight excluding hydrogens is 436 g/mol. The molecule has 138 valence electrons. The van der Waals surface area contributed by atoms with Gasteiger partial charge in [-0.25, -0.2) is 5.10 Å². The molecule has 7 heteroatoms. The number of ether oxygens (including phenoxy) is 1. The molecule has 0 aliphatic carbocycles. The van der Waals surface area contributed by atoms with E-state index in [0.29, 0.717) is 10.6 Å². The SMILES string of the molecule is S=c1[nH]nc(-c2ccccc2Br)n1/N=C/c1cccc(Oc2ccccc2)c1. The van der Waals surface area contributed by atoms with Gasteiger partial charge in [0.25, 0.3) is 0 Å². The van der Waals surface area contributed by atoms with Crippen LogP contribution in [0.2, 0.25) is 0 Å². The molecule has 0 radical (unpaired) electrons. The smallest absolute Gasteiger partial charge is 0.216 e. The number of nitrogens with one attached hydrogen (secondary N) is 1. The van der Waals surface area contributed by atoms with Crippen LogP contribution in [0.5, 0.6) is 11.5 Å². The molecule has 1 aromatic heterocycles. The van der Waals surface area contributed by atoms with Gasteiger partial charge in [-0.05, 0) is 54.2 Å². The monoisotopic (exact) mass is 450 g/mol. The predicted octanol–water partition coefficient (Wildman–Crippen LogP) is 6.04. The number of hydrogen-bond acceptors (Lipinski definition) is 4. The van der Waals surface area contributed by atoms with Gasteiger partial charge >= 0.3 is 0 Å². The fourth-order valence-electron chi connectivity index (χ4n) is 2.62. The van der Waals surface area contributed by atoms with Crippen molar-refractivity contribution in [3.05, 3.63) is 93.7 Å². The first-order chi connectivity index (χ1) is 13.7. The van der Waals surface area contributed by atoms with Gasteiger partial charge in [0.2, 0.25) is 4.77 Å². The summed E-state index contributed by atoms with van der Waals surface area (Å²) in [7, 11) is 0. The maximum absolute atomic E-state index is 5.87. The molecule has 4 aromatic rings. The highest BCUT2D eigenvalue weighted by Crippen LogP contribution is 2.26. The quantitative estimate of drug-likeness (QED) is 0.297. The van der Waals surface area contributed by atoms with Crippen molar-refractivity contribution in [3.8, 4) is 22.9 Å². The molecule has 0 saturated heterocycles. The van der Waals surface area contributed by atoms with Crippen molar-refractivity contribution in [3.63, 3.8) is 0 Å². The molecule has 0 bridgehead atoms. The van der Waals surface area contributed by atoms with Crippen molar-refractivity contribution in [2.45, 2.75) is 0 Å². The van der Waals surface area contributed by atoms with Crippen molar-refractivity contribution < 1.29 is 4.74 Å². The summed E-state index contributed by atoms with van der Waals surface area (Å²) in [5, 5.41) is 11.6. The molecule has 1 heterocycles. The van der Waals surface area contributed by atoms with Crippen LogP contribution < -0.4 is 4.74 Å². The number of rotatable bonds is 5. The maximum atomic E-state index is 5.87. The third-order valence-electron chi connectivity index (χ3n) is 3.92. The Balaban J connectivity index is 1.62. The molecule has 0 saturated carbocycles. The third-order valence-corrected chi connectivity index (χ3v) is 4.88. The fraction of sp³-hybridized carbons (Fsp3) is 0. The molecule has 0 amide bonds. The highest BCUT2D eigenvalue weighted by molar-refractivity contribution is 9.10. The van der Waals surface area contributed by atoms with E-state index in [0.717, 1.165) is 27.1 Å². The molecule has 3 aromatic carbocycles. The second kappa shape index (κ2) is 8.33. The minimum atomic E-state index is 0.415. The van der Waals surface area contributed by atoms with Gasteiger partial charge in [-0.15, -0.1) is 0 Å². The number of hydrogen-bond donors (Lipinski definition) is 1. The number of para-hydroxylation sites is 1. The van der Waals surface area contributed by atoms with Gasteiger partial charge in [0.1, 0.15) is 11.5 Å². The highest BCUT2D eigenvalue weighted by Gasteiger charge is 2.10. The van der Waals surface area contributed by atoms with E-state index >= 15 is 0 Å². The summed E-state index contributed by atoms with van der Waals surface area (Å²) in [6.07, 6.45) is 1.73. The maximum Gasteiger partial charge on any atom is 0.216 e. The van der Waals surface area contributed by atoms with E-state index in [1.54, 1.807) is 10.9 Å². The molecule has 0 atom stereocenters. The Hall–Kier alpha value is -3.03. The van der Waals surface area contributed by atoms with Crippen LogP contribution >= 0.6 is 28.1 Å². The van der Waals surface area contributed by atoms with E-state index in [4.69, 9.17) is 17.0 Å². The Labute approximate surface area is 175 Å². The molecular formula is C21H15BrN4OS. The zero-order valence-corrected chi connectivity index (χ0v) is 17.0. The van der Waals surface area contributed by atoms with Crippen LogP contribution in [-0.4, -0.2) is 21.1 Å². The van der Waals surface area contributed by atoms with Crippen LogP contribution in [0.1, 0.15) is 5.56 Å². The molecule has 28 heavy (non-hydrogen) atoms. The fourth-order valence-corrected chi connectivity index (χ4v) is 3.26. The van der Waals surface area contributed by atoms with Crippen LogP contribution in [0.4, 0.5) is 0 Å². The average Bonchev–Trinajstić information content (AvgIpc) is 3.08. The summed E-state index contributed by atoms with van der Waals surface area (Å²) in [6.45, 7) is 0. The van der Waals surface area contributed by atoms with E-state index in [1.165, 1.54) is 0 Å². The summed E-state index contributed by atoms with van der Waals surface area (Å²) < 4.78 is 8.80. The molecule has 0 spiro atoms. The van der Waals surface area contributed by atoms with E-state index < -0.39 is 0 Å². The number of halogens is 1. The zero-order chi connectivity index (χ0) is 19.3. The number of aromatic amines is 1. The van der Waals surface area contributed by atoms with Gasteiger partial charge in [-0.1, -0.05) is 58.4 Å². The normalized spacial score (nSPS) is 11.0. The Bertz CT molecular complexity index is 1180. The molecule has 0 aliphatic heterocycles. The van der Waals surface area contributed by atoms with E-state index in [9.17, 15) is 0 Å². The first-order valence-electron chi connectivity index (χ1n) is 8.50. The minimum absolute atomic E-state index is 0.415. The molecule has 0 aliphatic rings. The van der Waals surface area contributed by atoms with E-state index in [1.807, 2.05) is 78.9 Å². The Morgan fingerprint density at radius 2 is 1.71 bits per heavy atom. The van der Waals surface area contributed by atoms with Crippen molar-refractivity contribution in [1.82, 2.24) is 14.9 Å². The van der Waals surface area contributed by atoms with Crippen LogP contribution in [-0.2, 0) is 0 Å². The van der Waals surface area contributed by atoms with Crippen molar-refractivity contribution in [1.29, 1.82) is 0 Å². The lowest BCUT2D eigenvalue weighted by Crippen LogP contribution is -1.96. The van der Waals surface area contributed by atoms with Crippen molar-refractivity contribution in [2.75, 3.05) is 0 Å². The van der Waals surface area contributed by atoms with Crippen LogP contribution in [0, 0.1) is 4.77 Å². The topological polar surface area (TPSA) is 55.2 Å². The van der Waals surface area contributed by atoms with E-state index in [-0.39, 0.29) is 0 Å². The van der Waals surface area contributed by atoms with E-state index in [2.05, 4.69) is 31.2 Å². The summed E-state index contributed by atoms with van der Waals surface area (Å²) in [6, 6.07) is 25.1. The predicted molar refractivity (Wildman–Crippen MR) is 116 cm³/mol.